The molecule has 29 heavy (non-hydrogen) atoms. The van der Waals surface area contributed by atoms with Gasteiger partial charge in [0.1, 0.15) is 16.6 Å². The largest absolute Gasteiger partial charge is 0.357 e. The van der Waals surface area contributed by atoms with Gasteiger partial charge in [-0.25, -0.2) is 18.8 Å². The lowest BCUT2D eigenvalue weighted by molar-refractivity contribution is 0.282. The van der Waals surface area contributed by atoms with Crippen LogP contribution in [0.5, 0.6) is 0 Å². The highest BCUT2D eigenvalue weighted by Gasteiger charge is 2.22. The fourth-order valence-corrected chi connectivity index (χ4v) is 3.60. The Morgan fingerprint density at radius 1 is 1.21 bits per heavy atom. The first-order valence-corrected chi connectivity index (χ1v) is 10.3. The van der Waals surface area contributed by atoms with E-state index in [1.54, 1.807) is 30.3 Å². The number of rotatable bonds is 8. The van der Waals surface area contributed by atoms with Gasteiger partial charge >= 0.3 is 0 Å². The number of hydrogen-bond donors (Lipinski definition) is 2. The molecule has 162 valence electrons. The molecule has 0 radical (unpaired) electrons. The average molecular weight is 537 g/mol. The van der Waals surface area contributed by atoms with Gasteiger partial charge in [0.15, 0.2) is 5.96 Å². The Bertz CT molecular complexity index is 775. The third kappa shape index (κ3) is 7.45. The van der Waals surface area contributed by atoms with Crippen LogP contribution in [0.2, 0.25) is 0 Å². The topological polar surface area (TPSA) is 52.6 Å². The molecule has 1 atom stereocenters. The summed E-state index contributed by atoms with van der Waals surface area (Å²) in [5.41, 5.74) is 1.12. The number of nitrogens with one attached hydrogen (secondary N) is 2. The molecule has 1 heterocycles. The van der Waals surface area contributed by atoms with E-state index in [1.165, 1.54) is 18.2 Å². The number of aromatic nitrogens is 1. The van der Waals surface area contributed by atoms with Crippen molar-refractivity contribution in [2.75, 3.05) is 27.2 Å². The molecule has 5 nitrogen and oxygen atoms in total. The zero-order valence-corrected chi connectivity index (χ0v) is 20.6. The molecule has 0 fully saturated rings. The number of thiazole rings is 1. The number of nitrogens with zero attached hydrogens (tertiary/aromatic N) is 3. The Balaban J connectivity index is 0.00000420. The Morgan fingerprint density at radius 3 is 2.38 bits per heavy atom. The molecule has 1 unspecified atom stereocenters. The van der Waals surface area contributed by atoms with Gasteiger partial charge in [0.25, 0.3) is 0 Å². The van der Waals surface area contributed by atoms with Crippen molar-refractivity contribution >= 4 is 41.3 Å². The van der Waals surface area contributed by atoms with Gasteiger partial charge in [-0.05, 0) is 39.1 Å². The fraction of sp³-hybridized carbons (Fsp3) is 0.500. The lowest BCUT2D eigenvalue weighted by Crippen LogP contribution is -2.42. The van der Waals surface area contributed by atoms with Crippen molar-refractivity contribution in [2.24, 2.45) is 4.99 Å². The van der Waals surface area contributed by atoms with Gasteiger partial charge in [-0.1, -0.05) is 19.9 Å². The van der Waals surface area contributed by atoms with Gasteiger partial charge in [-0.15, -0.1) is 35.3 Å². The Hall–Kier alpha value is -1.33. The van der Waals surface area contributed by atoms with Gasteiger partial charge in [0.2, 0.25) is 0 Å². The second kappa shape index (κ2) is 12.4. The van der Waals surface area contributed by atoms with Crippen molar-refractivity contribution in [1.82, 2.24) is 20.5 Å². The van der Waals surface area contributed by atoms with Crippen molar-refractivity contribution in [2.45, 2.75) is 39.3 Å². The average Bonchev–Trinajstić information content (AvgIpc) is 3.11. The SMILES string of the molecule is CCNC(=NCc1nc(C(C)C)cs1)NCC(c1c(F)cccc1F)N(C)C.I. The van der Waals surface area contributed by atoms with Crippen LogP contribution >= 0.6 is 35.3 Å². The highest BCUT2D eigenvalue weighted by molar-refractivity contribution is 14.0. The van der Waals surface area contributed by atoms with E-state index in [0.29, 0.717) is 31.5 Å². The lowest BCUT2D eigenvalue weighted by atomic mass is 10.0. The van der Waals surface area contributed by atoms with E-state index in [4.69, 9.17) is 0 Å². The molecule has 1 aromatic carbocycles. The van der Waals surface area contributed by atoms with Crippen molar-refractivity contribution in [3.63, 3.8) is 0 Å². The second-order valence-electron chi connectivity index (χ2n) is 7.01. The molecule has 0 bridgehead atoms. The summed E-state index contributed by atoms with van der Waals surface area (Å²) in [6.07, 6.45) is 0. The minimum Gasteiger partial charge on any atom is -0.357 e. The van der Waals surface area contributed by atoms with Crippen molar-refractivity contribution in [1.29, 1.82) is 0 Å². The molecule has 0 aliphatic heterocycles. The molecule has 0 amide bonds. The van der Waals surface area contributed by atoms with Crippen molar-refractivity contribution in [3.05, 3.63) is 51.5 Å². The molecular weight excluding hydrogens is 507 g/mol. The smallest absolute Gasteiger partial charge is 0.191 e. The van der Waals surface area contributed by atoms with E-state index in [0.717, 1.165) is 10.7 Å². The van der Waals surface area contributed by atoms with Crippen LogP contribution in [-0.4, -0.2) is 43.0 Å². The zero-order valence-electron chi connectivity index (χ0n) is 17.5. The molecule has 2 aromatic rings. The van der Waals surface area contributed by atoms with Gasteiger partial charge in [0, 0.05) is 24.0 Å². The fourth-order valence-electron chi connectivity index (χ4n) is 2.72. The van der Waals surface area contributed by atoms with E-state index in [9.17, 15) is 8.78 Å². The molecule has 2 N–H and O–H groups in total. The third-order valence-electron chi connectivity index (χ3n) is 4.30. The maximum Gasteiger partial charge on any atom is 0.191 e. The Kier molecular flexibility index (Phi) is 11.0. The molecule has 9 heteroatoms. The molecule has 0 aliphatic carbocycles. The number of halogens is 3. The quantitative estimate of drug-likeness (QED) is 0.296. The van der Waals surface area contributed by atoms with Gasteiger partial charge < -0.3 is 15.5 Å². The molecule has 0 saturated carbocycles. The van der Waals surface area contributed by atoms with Crippen molar-refractivity contribution < 1.29 is 8.78 Å². The summed E-state index contributed by atoms with van der Waals surface area (Å²) in [7, 11) is 3.59. The number of aliphatic imine (C=N–C) groups is 1. The standard InChI is InChI=1S/C20H29F2N5S.HI/c1-6-23-20(25-11-18-26-16(12-28-18)13(2)3)24-10-17(27(4)5)19-14(21)8-7-9-15(19)22;/h7-9,12-13,17H,6,10-11H2,1-5H3,(H2,23,24,25);1H. The predicted molar refractivity (Wildman–Crippen MR) is 127 cm³/mol. The predicted octanol–water partition coefficient (Wildman–Crippen LogP) is 4.52. The van der Waals surface area contributed by atoms with E-state index in [1.807, 2.05) is 6.92 Å². The van der Waals surface area contributed by atoms with E-state index < -0.39 is 17.7 Å². The van der Waals surface area contributed by atoms with Crippen LogP contribution in [0.1, 0.15) is 49.0 Å². The van der Waals surface area contributed by atoms with Crippen LogP contribution in [0.3, 0.4) is 0 Å². The first-order chi connectivity index (χ1) is 13.3. The number of benzene rings is 1. The maximum absolute atomic E-state index is 14.2. The Labute approximate surface area is 193 Å². The van der Waals surface area contributed by atoms with Gasteiger partial charge in [0.05, 0.1) is 18.3 Å². The van der Waals surface area contributed by atoms with Gasteiger partial charge in [-0.3, -0.25) is 0 Å². The summed E-state index contributed by atoms with van der Waals surface area (Å²) in [4.78, 5) is 10.9. The maximum atomic E-state index is 14.2. The summed E-state index contributed by atoms with van der Waals surface area (Å²) in [6.45, 7) is 7.63. The van der Waals surface area contributed by atoms with Crippen LogP contribution in [-0.2, 0) is 6.54 Å². The summed E-state index contributed by atoms with van der Waals surface area (Å²) in [6, 6.07) is 3.46. The summed E-state index contributed by atoms with van der Waals surface area (Å²) < 4.78 is 28.4. The summed E-state index contributed by atoms with van der Waals surface area (Å²) >= 11 is 1.59. The molecular formula is C20H30F2IN5S. The Morgan fingerprint density at radius 2 is 1.86 bits per heavy atom. The lowest BCUT2D eigenvalue weighted by Gasteiger charge is -2.26. The monoisotopic (exact) mass is 537 g/mol. The minimum atomic E-state index is -0.550. The van der Waals surface area contributed by atoms with E-state index in [-0.39, 0.29) is 29.5 Å². The number of hydrogen-bond acceptors (Lipinski definition) is 4. The van der Waals surface area contributed by atoms with Crippen LogP contribution in [0.15, 0.2) is 28.6 Å². The number of guanidine groups is 1. The van der Waals surface area contributed by atoms with Crippen LogP contribution in [0.4, 0.5) is 8.78 Å². The highest BCUT2D eigenvalue weighted by atomic mass is 127. The molecule has 0 saturated heterocycles. The summed E-state index contributed by atoms with van der Waals surface area (Å²) in [5, 5.41) is 9.35. The van der Waals surface area contributed by atoms with Crippen LogP contribution in [0, 0.1) is 11.6 Å². The molecule has 2 rings (SSSR count). The van der Waals surface area contributed by atoms with Crippen LogP contribution < -0.4 is 10.6 Å². The normalized spacial score (nSPS) is 12.8. The van der Waals surface area contributed by atoms with E-state index >= 15 is 0 Å². The summed E-state index contributed by atoms with van der Waals surface area (Å²) in [5.74, 6) is -0.123. The number of likely N-dealkylation sites (N-methyl/N-ethyl adjacent to an activating group) is 1. The van der Waals surface area contributed by atoms with E-state index in [2.05, 4.69) is 39.8 Å². The molecule has 0 spiro atoms. The first-order valence-electron chi connectivity index (χ1n) is 9.40. The zero-order chi connectivity index (χ0) is 20.7. The molecule has 1 aromatic heterocycles. The third-order valence-corrected chi connectivity index (χ3v) is 5.15. The van der Waals surface area contributed by atoms with Crippen LogP contribution in [0.25, 0.3) is 0 Å². The second-order valence-corrected chi connectivity index (χ2v) is 7.95. The molecule has 0 aliphatic rings. The minimum absolute atomic E-state index is 0. The van der Waals surface area contributed by atoms with Gasteiger partial charge in [-0.2, -0.15) is 0 Å². The first kappa shape index (κ1) is 25.7. The highest BCUT2D eigenvalue weighted by Crippen LogP contribution is 2.24. The van der Waals surface area contributed by atoms with Crippen molar-refractivity contribution in [3.8, 4) is 0 Å².